The third kappa shape index (κ3) is 4.53. The van der Waals surface area contributed by atoms with Crippen molar-refractivity contribution in [3.63, 3.8) is 0 Å². The first-order chi connectivity index (χ1) is 14.5. The molecule has 1 saturated carbocycles. The fourth-order valence-corrected chi connectivity index (χ4v) is 4.41. The highest BCUT2D eigenvalue weighted by atomic mass is 16.5. The van der Waals surface area contributed by atoms with Crippen LogP contribution in [0.2, 0.25) is 0 Å². The highest BCUT2D eigenvalue weighted by Gasteiger charge is 2.17. The highest BCUT2D eigenvalue weighted by molar-refractivity contribution is 5.88. The summed E-state index contributed by atoms with van der Waals surface area (Å²) in [4.78, 5) is 11.0. The van der Waals surface area contributed by atoms with E-state index in [9.17, 15) is 4.79 Å². The Morgan fingerprint density at radius 1 is 1.10 bits per heavy atom. The maximum atomic E-state index is 11.0. The SMILES string of the molecule is Cc1oc2ccc(-c3cc(CCC(=O)O)ccc3OCC3CCCCC3)cc2c1C. The maximum Gasteiger partial charge on any atom is 0.303 e. The Morgan fingerprint density at radius 2 is 1.90 bits per heavy atom. The van der Waals surface area contributed by atoms with E-state index in [2.05, 4.69) is 25.1 Å². The van der Waals surface area contributed by atoms with E-state index in [1.165, 1.54) is 32.1 Å². The zero-order chi connectivity index (χ0) is 21.1. The molecule has 4 nitrogen and oxygen atoms in total. The molecule has 0 atom stereocenters. The van der Waals surface area contributed by atoms with Crippen LogP contribution < -0.4 is 4.74 Å². The van der Waals surface area contributed by atoms with E-state index in [-0.39, 0.29) is 6.42 Å². The molecule has 1 fully saturated rings. The summed E-state index contributed by atoms with van der Waals surface area (Å²) in [6, 6.07) is 12.3. The van der Waals surface area contributed by atoms with Crippen LogP contribution in [-0.2, 0) is 11.2 Å². The molecule has 0 bridgehead atoms. The van der Waals surface area contributed by atoms with Gasteiger partial charge in [-0.3, -0.25) is 4.79 Å². The summed E-state index contributed by atoms with van der Waals surface area (Å²) >= 11 is 0. The quantitative estimate of drug-likeness (QED) is 0.475. The van der Waals surface area contributed by atoms with Gasteiger partial charge in [-0.25, -0.2) is 0 Å². The number of aliphatic carboxylic acids is 1. The average Bonchev–Trinajstić information content (AvgIpc) is 3.05. The van der Waals surface area contributed by atoms with Gasteiger partial charge in [0.1, 0.15) is 17.1 Å². The highest BCUT2D eigenvalue weighted by Crippen LogP contribution is 2.36. The van der Waals surface area contributed by atoms with Gasteiger partial charge in [0.2, 0.25) is 0 Å². The third-order valence-electron chi connectivity index (χ3n) is 6.36. The minimum Gasteiger partial charge on any atom is -0.493 e. The van der Waals surface area contributed by atoms with Gasteiger partial charge in [-0.1, -0.05) is 31.4 Å². The molecule has 1 N–H and O–H groups in total. The summed E-state index contributed by atoms with van der Waals surface area (Å²) in [5, 5.41) is 10.2. The van der Waals surface area contributed by atoms with Crippen molar-refractivity contribution >= 4 is 16.9 Å². The Kier molecular flexibility index (Phi) is 6.12. The minimum absolute atomic E-state index is 0.126. The Labute approximate surface area is 177 Å². The standard InChI is InChI=1S/C26H30O4/c1-17-18(2)30-25-12-10-21(15-22(17)25)23-14-19(9-13-26(27)28)8-11-24(23)29-16-20-6-4-3-5-7-20/h8,10-12,14-15,20H,3-7,9,13,16H2,1-2H3,(H,27,28). The molecule has 4 heteroatoms. The van der Waals surface area contributed by atoms with Crippen molar-refractivity contribution in [3.8, 4) is 16.9 Å². The molecule has 30 heavy (non-hydrogen) atoms. The molecule has 3 aromatic rings. The summed E-state index contributed by atoms with van der Waals surface area (Å²) in [6.07, 6.45) is 7.05. The molecule has 0 aliphatic heterocycles. The van der Waals surface area contributed by atoms with Crippen molar-refractivity contribution < 1.29 is 19.1 Å². The molecule has 0 spiro atoms. The van der Waals surface area contributed by atoms with Gasteiger partial charge in [0, 0.05) is 17.4 Å². The number of ether oxygens (including phenoxy) is 1. The van der Waals surface area contributed by atoms with Crippen molar-refractivity contribution in [2.24, 2.45) is 5.92 Å². The van der Waals surface area contributed by atoms with Gasteiger partial charge in [0.25, 0.3) is 0 Å². The molecule has 1 aliphatic rings. The van der Waals surface area contributed by atoms with E-state index in [1.807, 2.05) is 25.1 Å². The number of carbonyl (C=O) groups is 1. The number of hydrogen-bond acceptors (Lipinski definition) is 3. The smallest absolute Gasteiger partial charge is 0.303 e. The lowest BCUT2D eigenvalue weighted by molar-refractivity contribution is -0.136. The molecule has 4 rings (SSSR count). The fourth-order valence-electron chi connectivity index (χ4n) is 4.41. The summed E-state index contributed by atoms with van der Waals surface area (Å²) in [5.41, 5.74) is 5.15. The molecule has 1 aliphatic carbocycles. The molecule has 0 amide bonds. The number of fused-ring (bicyclic) bond motifs is 1. The van der Waals surface area contributed by atoms with Crippen molar-refractivity contribution in [1.82, 2.24) is 0 Å². The second-order valence-electron chi connectivity index (χ2n) is 8.53. The Hall–Kier alpha value is -2.75. The van der Waals surface area contributed by atoms with E-state index < -0.39 is 5.97 Å². The summed E-state index contributed by atoms with van der Waals surface area (Å²) in [6.45, 7) is 4.81. The molecule has 0 saturated heterocycles. The van der Waals surface area contributed by atoms with Gasteiger partial charge < -0.3 is 14.3 Å². The predicted octanol–water partition coefficient (Wildman–Crippen LogP) is 6.69. The van der Waals surface area contributed by atoms with Gasteiger partial charge in [-0.15, -0.1) is 0 Å². The predicted molar refractivity (Wildman–Crippen MR) is 119 cm³/mol. The first kappa shape index (κ1) is 20.5. The van der Waals surface area contributed by atoms with Gasteiger partial charge in [0.15, 0.2) is 0 Å². The van der Waals surface area contributed by atoms with Gasteiger partial charge in [0.05, 0.1) is 6.61 Å². The van der Waals surface area contributed by atoms with Gasteiger partial charge >= 0.3 is 5.97 Å². The lowest BCUT2D eigenvalue weighted by Crippen LogP contribution is -2.15. The lowest BCUT2D eigenvalue weighted by Gasteiger charge is -2.22. The molecule has 1 aromatic heterocycles. The zero-order valence-electron chi connectivity index (χ0n) is 17.9. The van der Waals surface area contributed by atoms with Crippen molar-refractivity contribution in [2.45, 2.75) is 58.8 Å². The monoisotopic (exact) mass is 406 g/mol. The van der Waals surface area contributed by atoms with Crippen LogP contribution in [0.25, 0.3) is 22.1 Å². The van der Waals surface area contributed by atoms with E-state index in [0.29, 0.717) is 12.3 Å². The summed E-state index contributed by atoms with van der Waals surface area (Å²) in [5.74, 6) is 1.66. The van der Waals surface area contributed by atoms with Crippen LogP contribution in [0, 0.1) is 19.8 Å². The van der Waals surface area contributed by atoms with Gasteiger partial charge in [-0.05, 0) is 80.0 Å². The van der Waals surface area contributed by atoms with Gasteiger partial charge in [-0.2, -0.15) is 0 Å². The van der Waals surface area contributed by atoms with Crippen LogP contribution in [0.1, 0.15) is 55.4 Å². The molecule has 0 radical (unpaired) electrons. The number of hydrogen-bond donors (Lipinski definition) is 1. The Bertz CT molecular complexity index is 1040. The number of benzene rings is 2. The van der Waals surface area contributed by atoms with Crippen LogP contribution in [0.5, 0.6) is 5.75 Å². The Balaban J connectivity index is 1.67. The van der Waals surface area contributed by atoms with Crippen molar-refractivity contribution in [3.05, 3.63) is 53.3 Å². The van der Waals surface area contributed by atoms with Crippen LogP contribution in [0.4, 0.5) is 0 Å². The van der Waals surface area contributed by atoms with E-state index >= 15 is 0 Å². The third-order valence-corrected chi connectivity index (χ3v) is 6.36. The lowest BCUT2D eigenvalue weighted by atomic mass is 9.90. The molecule has 0 unspecified atom stereocenters. The number of rotatable bonds is 7. The number of furan rings is 1. The van der Waals surface area contributed by atoms with Crippen molar-refractivity contribution in [2.75, 3.05) is 6.61 Å². The maximum absolute atomic E-state index is 11.0. The Morgan fingerprint density at radius 3 is 2.67 bits per heavy atom. The zero-order valence-corrected chi connectivity index (χ0v) is 17.9. The van der Waals surface area contributed by atoms with Crippen LogP contribution >= 0.6 is 0 Å². The van der Waals surface area contributed by atoms with E-state index in [1.54, 1.807) is 0 Å². The van der Waals surface area contributed by atoms with E-state index in [0.717, 1.165) is 51.3 Å². The fraction of sp³-hybridized carbons (Fsp3) is 0.423. The minimum atomic E-state index is -0.778. The summed E-state index contributed by atoms with van der Waals surface area (Å²) < 4.78 is 12.2. The number of carboxylic acids is 1. The first-order valence-electron chi connectivity index (χ1n) is 11.0. The molecular weight excluding hydrogens is 376 g/mol. The molecular formula is C26H30O4. The normalized spacial score (nSPS) is 14.9. The molecule has 158 valence electrons. The molecule has 1 heterocycles. The topological polar surface area (TPSA) is 59.7 Å². The van der Waals surface area contributed by atoms with Crippen LogP contribution in [0.15, 0.2) is 40.8 Å². The second-order valence-corrected chi connectivity index (χ2v) is 8.53. The van der Waals surface area contributed by atoms with E-state index in [4.69, 9.17) is 14.3 Å². The average molecular weight is 407 g/mol. The summed E-state index contributed by atoms with van der Waals surface area (Å²) in [7, 11) is 0. The van der Waals surface area contributed by atoms with Crippen molar-refractivity contribution in [1.29, 1.82) is 0 Å². The number of carboxylic acid groups (broad SMARTS) is 1. The molecule has 2 aromatic carbocycles. The largest absolute Gasteiger partial charge is 0.493 e. The van der Waals surface area contributed by atoms with Crippen LogP contribution in [0.3, 0.4) is 0 Å². The first-order valence-corrected chi connectivity index (χ1v) is 11.0. The second kappa shape index (κ2) is 8.95. The number of aryl methyl sites for hydroxylation is 3. The van der Waals surface area contributed by atoms with Crippen LogP contribution in [-0.4, -0.2) is 17.7 Å².